The van der Waals surface area contributed by atoms with E-state index in [4.69, 9.17) is 14.3 Å². The summed E-state index contributed by atoms with van der Waals surface area (Å²) >= 11 is 0. The number of hydroxylamine groups is 1. The third kappa shape index (κ3) is 9.52. The van der Waals surface area contributed by atoms with E-state index in [0.717, 1.165) is 22.0 Å². The van der Waals surface area contributed by atoms with E-state index in [1.165, 1.54) is 0 Å². The van der Waals surface area contributed by atoms with Crippen LogP contribution in [-0.4, -0.2) is 65.9 Å². The molecule has 0 fully saturated rings. The Morgan fingerprint density at radius 1 is 0.927 bits per heavy atom. The standard InChI is InChI=1S/C30H39N5O6/c1-5-39-29(40-6-2)22(4)35(19-25-15-10-14-24-16-11-17-31-27(24)25)28(37)21(3)33-26(36)20-41-34-30(38)32-18-23-12-8-7-9-13-23/h7-17,21-22,29H,5-6,18-20H2,1-4H3,(H,33,36)(H2,32,34,38). The first kappa shape index (κ1) is 31.5. The lowest BCUT2D eigenvalue weighted by Gasteiger charge is -2.36. The molecule has 1 heterocycles. The molecule has 3 rings (SSSR count). The number of amides is 4. The summed E-state index contributed by atoms with van der Waals surface area (Å²) in [6.07, 6.45) is 1.05. The molecule has 11 heteroatoms. The molecule has 0 bridgehead atoms. The van der Waals surface area contributed by atoms with Crippen LogP contribution >= 0.6 is 0 Å². The number of rotatable bonds is 15. The molecule has 2 unspecified atom stereocenters. The second kappa shape index (κ2) is 16.3. The maximum atomic E-state index is 13.7. The SMILES string of the molecule is CCOC(OCC)C(C)N(Cc1cccc2cccnc12)C(=O)C(C)NC(=O)CONC(=O)NCc1ccccc1. The van der Waals surface area contributed by atoms with Crippen molar-refractivity contribution in [2.75, 3.05) is 19.8 Å². The molecule has 0 saturated carbocycles. The molecule has 4 amide bonds. The van der Waals surface area contributed by atoms with Gasteiger partial charge in [0.1, 0.15) is 6.04 Å². The fourth-order valence-electron chi connectivity index (χ4n) is 4.28. The van der Waals surface area contributed by atoms with Crippen LogP contribution in [0.4, 0.5) is 4.79 Å². The highest BCUT2D eigenvalue weighted by molar-refractivity contribution is 5.88. The summed E-state index contributed by atoms with van der Waals surface area (Å²) in [6.45, 7) is 8.03. The lowest BCUT2D eigenvalue weighted by Crippen LogP contribution is -2.54. The van der Waals surface area contributed by atoms with E-state index in [-0.39, 0.29) is 12.5 Å². The summed E-state index contributed by atoms with van der Waals surface area (Å²) in [4.78, 5) is 49.4. The molecular formula is C30H39N5O6. The summed E-state index contributed by atoms with van der Waals surface area (Å²) in [5.41, 5.74) is 4.73. The molecule has 0 spiro atoms. The summed E-state index contributed by atoms with van der Waals surface area (Å²) < 4.78 is 11.6. The van der Waals surface area contributed by atoms with E-state index in [1.54, 1.807) is 18.0 Å². The first-order chi connectivity index (χ1) is 19.8. The molecule has 2 atom stereocenters. The zero-order valence-corrected chi connectivity index (χ0v) is 24.0. The Kier molecular flexibility index (Phi) is 12.5. The van der Waals surface area contributed by atoms with Gasteiger partial charge in [-0.2, -0.15) is 0 Å². The van der Waals surface area contributed by atoms with E-state index >= 15 is 0 Å². The number of hydrogen-bond acceptors (Lipinski definition) is 7. The Hall–Kier alpha value is -4.06. The number of nitrogens with zero attached hydrogens (tertiary/aromatic N) is 2. The van der Waals surface area contributed by atoms with Crippen LogP contribution in [0.2, 0.25) is 0 Å². The molecule has 41 heavy (non-hydrogen) atoms. The summed E-state index contributed by atoms with van der Waals surface area (Å²) in [5, 5.41) is 6.23. The van der Waals surface area contributed by atoms with Crippen molar-refractivity contribution in [1.29, 1.82) is 0 Å². The lowest BCUT2D eigenvalue weighted by atomic mass is 10.1. The van der Waals surface area contributed by atoms with Crippen molar-refractivity contribution in [2.45, 2.75) is 59.2 Å². The monoisotopic (exact) mass is 565 g/mol. The van der Waals surface area contributed by atoms with Crippen LogP contribution in [0.3, 0.4) is 0 Å². The highest BCUT2D eigenvalue weighted by Crippen LogP contribution is 2.21. The number of carbonyl (C=O) groups excluding carboxylic acids is 3. The molecule has 2 aromatic carbocycles. The van der Waals surface area contributed by atoms with Crippen molar-refractivity contribution < 1.29 is 28.7 Å². The van der Waals surface area contributed by atoms with Crippen LogP contribution in [0, 0.1) is 0 Å². The second-order valence-electron chi connectivity index (χ2n) is 9.33. The molecule has 0 radical (unpaired) electrons. The minimum Gasteiger partial charge on any atom is -0.351 e. The first-order valence-electron chi connectivity index (χ1n) is 13.7. The van der Waals surface area contributed by atoms with Crippen LogP contribution in [-0.2, 0) is 37.0 Å². The van der Waals surface area contributed by atoms with Gasteiger partial charge >= 0.3 is 6.03 Å². The van der Waals surface area contributed by atoms with Gasteiger partial charge in [-0.05, 0) is 44.9 Å². The number of fused-ring (bicyclic) bond motifs is 1. The third-order valence-corrected chi connectivity index (χ3v) is 6.30. The fourth-order valence-corrected chi connectivity index (χ4v) is 4.28. The molecule has 0 aliphatic carbocycles. The van der Waals surface area contributed by atoms with Gasteiger partial charge in [-0.15, -0.1) is 0 Å². The predicted molar refractivity (Wildman–Crippen MR) is 154 cm³/mol. The number of hydrogen-bond donors (Lipinski definition) is 3. The van der Waals surface area contributed by atoms with Gasteiger partial charge in [0.25, 0.3) is 0 Å². The van der Waals surface area contributed by atoms with Crippen LogP contribution in [0.5, 0.6) is 0 Å². The van der Waals surface area contributed by atoms with Crippen LogP contribution in [0.15, 0.2) is 66.9 Å². The van der Waals surface area contributed by atoms with Crippen molar-refractivity contribution in [3.63, 3.8) is 0 Å². The van der Waals surface area contributed by atoms with E-state index in [9.17, 15) is 14.4 Å². The fraction of sp³-hybridized carbons (Fsp3) is 0.400. The van der Waals surface area contributed by atoms with Crippen molar-refractivity contribution in [1.82, 2.24) is 26.0 Å². The summed E-state index contributed by atoms with van der Waals surface area (Å²) in [6, 6.07) is 17.0. The maximum Gasteiger partial charge on any atom is 0.338 e. The van der Waals surface area contributed by atoms with Crippen LogP contribution in [0.1, 0.15) is 38.8 Å². The topological polar surface area (TPSA) is 131 Å². The van der Waals surface area contributed by atoms with Crippen molar-refractivity contribution >= 4 is 28.7 Å². The maximum absolute atomic E-state index is 13.7. The van der Waals surface area contributed by atoms with E-state index in [2.05, 4.69) is 21.1 Å². The van der Waals surface area contributed by atoms with Gasteiger partial charge in [-0.25, -0.2) is 10.3 Å². The van der Waals surface area contributed by atoms with Crippen molar-refractivity contribution in [2.24, 2.45) is 0 Å². The molecule has 1 aromatic heterocycles. The number of para-hydroxylation sites is 1. The highest BCUT2D eigenvalue weighted by atomic mass is 16.7. The number of benzene rings is 2. The van der Waals surface area contributed by atoms with Crippen molar-refractivity contribution in [3.8, 4) is 0 Å². The van der Waals surface area contributed by atoms with Gasteiger partial charge < -0.3 is 25.0 Å². The molecular weight excluding hydrogens is 526 g/mol. The largest absolute Gasteiger partial charge is 0.351 e. The van der Waals surface area contributed by atoms with E-state index < -0.39 is 36.9 Å². The molecule has 11 nitrogen and oxygen atoms in total. The minimum atomic E-state index is -0.896. The minimum absolute atomic E-state index is 0.227. The summed E-state index contributed by atoms with van der Waals surface area (Å²) in [7, 11) is 0. The lowest BCUT2D eigenvalue weighted by molar-refractivity contribution is -0.179. The number of carbonyl (C=O) groups is 3. The average Bonchev–Trinajstić information content (AvgIpc) is 2.98. The zero-order chi connectivity index (χ0) is 29.6. The van der Waals surface area contributed by atoms with Gasteiger partial charge in [0.05, 0.1) is 11.6 Å². The smallest absolute Gasteiger partial charge is 0.338 e. The first-order valence-corrected chi connectivity index (χ1v) is 13.7. The highest BCUT2D eigenvalue weighted by Gasteiger charge is 2.32. The van der Waals surface area contributed by atoms with Gasteiger partial charge in [0.15, 0.2) is 12.9 Å². The number of ether oxygens (including phenoxy) is 2. The Morgan fingerprint density at radius 2 is 1.63 bits per heavy atom. The van der Waals surface area contributed by atoms with Gasteiger partial charge in [0.2, 0.25) is 11.8 Å². The molecule has 0 saturated heterocycles. The van der Waals surface area contributed by atoms with Crippen LogP contribution < -0.4 is 16.1 Å². The van der Waals surface area contributed by atoms with Gasteiger partial charge in [0, 0.05) is 37.9 Å². The third-order valence-electron chi connectivity index (χ3n) is 6.30. The predicted octanol–water partition coefficient (Wildman–Crippen LogP) is 3.29. The Labute approximate surface area is 240 Å². The Morgan fingerprint density at radius 3 is 2.34 bits per heavy atom. The number of aromatic nitrogens is 1. The molecule has 0 aliphatic heterocycles. The second-order valence-corrected chi connectivity index (χ2v) is 9.33. The average molecular weight is 566 g/mol. The Balaban J connectivity index is 1.63. The summed E-state index contributed by atoms with van der Waals surface area (Å²) in [5.74, 6) is -0.906. The number of nitrogens with one attached hydrogen (secondary N) is 3. The number of pyridine rings is 1. The normalized spacial score (nSPS) is 12.5. The van der Waals surface area contributed by atoms with Crippen LogP contribution in [0.25, 0.3) is 10.9 Å². The van der Waals surface area contributed by atoms with Crippen molar-refractivity contribution in [3.05, 3.63) is 78.0 Å². The zero-order valence-electron chi connectivity index (χ0n) is 24.0. The van der Waals surface area contributed by atoms with Gasteiger partial charge in [-0.3, -0.25) is 19.4 Å². The molecule has 3 N–H and O–H groups in total. The molecule has 3 aromatic rings. The number of urea groups is 1. The van der Waals surface area contributed by atoms with Gasteiger partial charge in [-0.1, -0.05) is 54.6 Å². The van der Waals surface area contributed by atoms with E-state index in [0.29, 0.717) is 19.8 Å². The molecule has 0 aliphatic rings. The van der Waals surface area contributed by atoms with E-state index in [1.807, 2.05) is 81.4 Å². The Bertz CT molecular complexity index is 1260. The molecule has 220 valence electrons. The quantitative estimate of drug-likeness (QED) is 0.190.